The van der Waals surface area contributed by atoms with Crippen LogP contribution in [0.15, 0.2) is 36.5 Å². The molecule has 0 bridgehead atoms. The van der Waals surface area contributed by atoms with Gasteiger partial charge in [0.1, 0.15) is 6.04 Å². The van der Waals surface area contributed by atoms with Crippen molar-refractivity contribution < 1.29 is 9.53 Å². The molecule has 0 spiro atoms. The van der Waals surface area contributed by atoms with Crippen LogP contribution in [-0.4, -0.2) is 30.2 Å². The number of hydrogen-bond acceptors (Lipinski definition) is 3. The first-order valence-electron chi connectivity index (χ1n) is 6.57. The van der Waals surface area contributed by atoms with Crippen molar-refractivity contribution in [1.82, 2.24) is 9.88 Å². The summed E-state index contributed by atoms with van der Waals surface area (Å²) in [5.74, 6) is -0.216. The van der Waals surface area contributed by atoms with Gasteiger partial charge in [-0.1, -0.05) is 18.2 Å². The second-order valence-electron chi connectivity index (χ2n) is 4.62. The lowest BCUT2D eigenvalue weighted by Crippen LogP contribution is -2.35. The monoisotopic (exact) mass is 260 g/mol. The van der Waals surface area contributed by atoms with Crippen molar-refractivity contribution in [2.24, 2.45) is 0 Å². The van der Waals surface area contributed by atoms with Gasteiger partial charge in [0, 0.05) is 18.3 Å². The maximum atomic E-state index is 11.2. The quantitative estimate of drug-likeness (QED) is 0.639. The van der Waals surface area contributed by atoms with Gasteiger partial charge in [-0.15, -0.1) is 0 Å². The Kier molecular flexibility index (Phi) is 4.58. The Balaban J connectivity index is 1.82. The first-order valence-corrected chi connectivity index (χ1v) is 6.57. The summed E-state index contributed by atoms with van der Waals surface area (Å²) in [6.45, 7) is 3.55. The highest BCUT2D eigenvalue weighted by molar-refractivity contribution is 5.79. The van der Waals surface area contributed by atoms with E-state index in [0.29, 0.717) is 0 Å². The standard InChI is InChI=1S/C15H20N2O2/c1-12(15(18)19-2)16-9-5-10-17-11-8-13-6-3-4-7-14(13)17/h3-4,6-8,11-12,16H,5,9-10H2,1-2H3. The Labute approximate surface area is 113 Å². The molecule has 4 heteroatoms. The predicted octanol–water partition coefficient (Wildman–Crippen LogP) is 2.18. The van der Waals surface area contributed by atoms with Crippen LogP contribution in [0.2, 0.25) is 0 Å². The Morgan fingerprint density at radius 1 is 1.37 bits per heavy atom. The molecular weight excluding hydrogens is 240 g/mol. The van der Waals surface area contributed by atoms with Crippen LogP contribution >= 0.6 is 0 Å². The molecule has 0 amide bonds. The van der Waals surface area contributed by atoms with Gasteiger partial charge in [0.05, 0.1) is 7.11 Å². The summed E-state index contributed by atoms with van der Waals surface area (Å²) in [7, 11) is 1.41. The van der Waals surface area contributed by atoms with E-state index in [0.717, 1.165) is 19.5 Å². The van der Waals surface area contributed by atoms with E-state index in [-0.39, 0.29) is 12.0 Å². The van der Waals surface area contributed by atoms with E-state index in [4.69, 9.17) is 0 Å². The molecule has 1 heterocycles. The summed E-state index contributed by atoms with van der Waals surface area (Å²) in [6, 6.07) is 10.2. The number of fused-ring (bicyclic) bond motifs is 1. The molecule has 1 N–H and O–H groups in total. The molecule has 0 saturated carbocycles. The highest BCUT2D eigenvalue weighted by Gasteiger charge is 2.10. The van der Waals surface area contributed by atoms with Crippen molar-refractivity contribution in [3.05, 3.63) is 36.5 Å². The van der Waals surface area contributed by atoms with Crippen LogP contribution in [0.3, 0.4) is 0 Å². The number of nitrogens with zero attached hydrogens (tertiary/aromatic N) is 1. The number of ether oxygens (including phenoxy) is 1. The zero-order valence-electron chi connectivity index (χ0n) is 11.4. The third-order valence-corrected chi connectivity index (χ3v) is 3.26. The molecule has 1 aromatic heterocycles. The van der Waals surface area contributed by atoms with Crippen LogP contribution in [0.5, 0.6) is 0 Å². The molecular formula is C15H20N2O2. The minimum Gasteiger partial charge on any atom is -0.468 e. The van der Waals surface area contributed by atoms with Crippen LogP contribution < -0.4 is 5.32 Å². The van der Waals surface area contributed by atoms with E-state index in [9.17, 15) is 4.79 Å². The van der Waals surface area contributed by atoms with Crippen molar-refractivity contribution in [3.8, 4) is 0 Å². The lowest BCUT2D eigenvalue weighted by molar-refractivity contribution is -0.142. The number of nitrogens with one attached hydrogen (secondary N) is 1. The summed E-state index contributed by atoms with van der Waals surface area (Å²) in [4.78, 5) is 11.2. The van der Waals surface area contributed by atoms with Gasteiger partial charge in [0.2, 0.25) is 0 Å². The van der Waals surface area contributed by atoms with Crippen LogP contribution in [0.4, 0.5) is 0 Å². The maximum Gasteiger partial charge on any atom is 0.322 e. The van der Waals surface area contributed by atoms with Gasteiger partial charge in [-0.3, -0.25) is 4.79 Å². The molecule has 0 aliphatic heterocycles. The highest BCUT2D eigenvalue weighted by atomic mass is 16.5. The van der Waals surface area contributed by atoms with Crippen molar-refractivity contribution in [2.45, 2.75) is 25.9 Å². The molecule has 0 fully saturated rings. The fourth-order valence-electron chi connectivity index (χ4n) is 2.16. The Hall–Kier alpha value is -1.81. The van der Waals surface area contributed by atoms with E-state index in [1.165, 1.54) is 18.0 Å². The van der Waals surface area contributed by atoms with Crippen LogP contribution in [0, 0.1) is 0 Å². The topological polar surface area (TPSA) is 43.3 Å². The van der Waals surface area contributed by atoms with Crippen LogP contribution in [-0.2, 0) is 16.1 Å². The van der Waals surface area contributed by atoms with Crippen LogP contribution in [0.1, 0.15) is 13.3 Å². The molecule has 1 atom stereocenters. The zero-order chi connectivity index (χ0) is 13.7. The number of carbonyl (C=O) groups is 1. The smallest absolute Gasteiger partial charge is 0.322 e. The van der Waals surface area contributed by atoms with E-state index in [1.807, 2.05) is 13.0 Å². The second kappa shape index (κ2) is 6.38. The Bertz CT molecular complexity index is 548. The summed E-state index contributed by atoms with van der Waals surface area (Å²) < 4.78 is 6.90. The molecule has 0 saturated heterocycles. The average molecular weight is 260 g/mol. The summed E-state index contributed by atoms with van der Waals surface area (Å²) in [6.07, 6.45) is 3.08. The molecule has 0 aliphatic carbocycles. The highest BCUT2D eigenvalue weighted by Crippen LogP contribution is 2.15. The van der Waals surface area contributed by atoms with Crippen molar-refractivity contribution in [3.63, 3.8) is 0 Å². The van der Waals surface area contributed by atoms with Gasteiger partial charge in [-0.2, -0.15) is 0 Å². The molecule has 1 unspecified atom stereocenters. The molecule has 4 nitrogen and oxygen atoms in total. The summed E-state index contributed by atoms with van der Waals surface area (Å²) >= 11 is 0. The first-order chi connectivity index (χ1) is 9.22. The fourth-order valence-corrected chi connectivity index (χ4v) is 2.16. The van der Waals surface area contributed by atoms with Crippen molar-refractivity contribution in [1.29, 1.82) is 0 Å². The Morgan fingerprint density at radius 2 is 2.16 bits per heavy atom. The minimum atomic E-state index is -0.244. The molecule has 19 heavy (non-hydrogen) atoms. The van der Waals surface area contributed by atoms with Gasteiger partial charge in [0.15, 0.2) is 0 Å². The number of carbonyl (C=O) groups excluding carboxylic acids is 1. The number of aryl methyl sites for hydroxylation is 1. The zero-order valence-corrected chi connectivity index (χ0v) is 11.4. The number of methoxy groups -OCH3 is 1. The van der Waals surface area contributed by atoms with E-state index in [1.54, 1.807) is 0 Å². The number of rotatable bonds is 6. The molecule has 102 valence electrons. The number of para-hydroxylation sites is 1. The summed E-state index contributed by atoms with van der Waals surface area (Å²) in [5, 5.41) is 4.42. The molecule has 1 aromatic carbocycles. The third-order valence-electron chi connectivity index (χ3n) is 3.26. The predicted molar refractivity (Wildman–Crippen MR) is 76.0 cm³/mol. The molecule has 2 aromatic rings. The van der Waals surface area contributed by atoms with E-state index < -0.39 is 0 Å². The number of esters is 1. The summed E-state index contributed by atoms with van der Waals surface area (Å²) in [5.41, 5.74) is 1.25. The number of benzene rings is 1. The fraction of sp³-hybridized carbons (Fsp3) is 0.400. The van der Waals surface area contributed by atoms with Gasteiger partial charge in [-0.25, -0.2) is 0 Å². The van der Waals surface area contributed by atoms with Gasteiger partial charge < -0.3 is 14.6 Å². The lowest BCUT2D eigenvalue weighted by Gasteiger charge is -2.11. The number of hydrogen-bond donors (Lipinski definition) is 1. The number of aromatic nitrogens is 1. The van der Waals surface area contributed by atoms with Crippen LogP contribution in [0.25, 0.3) is 10.9 Å². The van der Waals surface area contributed by atoms with Gasteiger partial charge in [-0.05, 0) is 37.4 Å². The molecule has 2 rings (SSSR count). The van der Waals surface area contributed by atoms with Crippen molar-refractivity contribution >= 4 is 16.9 Å². The largest absolute Gasteiger partial charge is 0.468 e. The third kappa shape index (κ3) is 3.35. The lowest BCUT2D eigenvalue weighted by atomic mass is 10.2. The Morgan fingerprint density at radius 3 is 2.95 bits per heavy atom. The first kappa shape index (κ1) is 13.6. The van der Waals surface area contributed by atoms with Crippen molar-refractivity contribution in [2.75, 3.05) is 13.7 Å². The molecule has 0 aliphatic rings. The van der Waals surface area contributed by atoms with Gasteiger partial charge in [0.25, 0.3) is 0 Å². The minimum absolute atomic E-state index is 0.216. The SMILES string of the molecule is COC(=O)C(C)NCCCn1ccc2ccccc21. The van der Waals surface area contributed by atoms with E-state index in [2.05, 4.69) is 45.1 Å². The molecule has 0 radical (unpaired) electrons. The maximum absolute atomic E-state index is 11.2. The van der Waals surface area contributed by atoms with E-state index >= 15 is 0 Å². The van der Waals surface area contributed by atoms with Gasteiger partial charge >= 0.3 is 5.97 Å². The normalized spacial score (nSPS) is 12.5. The average Bonchev–Trinajstić information content (AvgIpc) is 2.86. The second-order valence-corrected chi connectivity index (χ2v) is 4.62.